The van der Waals surface area contributed by atoms with Gasteiger partial charge in [-0.15, -0.1) is 0 Å². The van der Waals surface area contributed by atoms with Gasteiger partial charge in [-0.2, -0.15) is 0 Å². The highest BCUT2D eigenvalue weighted by Crippen LogP contribution is 2.23. The van der Waals surface area contributed by atoms with E-state index in [4.69, 9.17) is 0 Å². The van der Waals surface area contributed by atoms with Crippen LogP contribution in [0.5, 0.6) is 0 Å². The topological polar surface area (TPSA) is 64.6 Å². The first-order valence-electron chi connectivity index (χ1n) is 10.6. The molecule has 2 saturated heterocycles. The van der Waals surface area contributed by atoms with E-state index in [1.54, 1.807) is 6.07 Å². The van der Waals surface area contributed by atoms with Crippen molar-refractivity contribution in [2.45, 2.75) is 26.7 Å². The van der Waals surface area contributed by atoms with Crippen LogP contribution in [0.15, 0.2) is 30.3 Å². The second-order valence-electron chi connectivity index (χ2n) is 7.81. The minimum absolute atomic E-state index is 0.0151. The van der Waals surface area contributed by atoms with Crippen LogP contribution in [0.3, 0.4) is 0 Å². The number of nitrogens with one attached hydrogen (secondary N) is 1. The normalized spacial score (nSPS) is 17.6. The molecule has 0 saturated carbocycles. The van der Waals surface area contributed by atoms with Crippen LogP contribution >= 0.6 is 0 Å². The fourth-order valence-corrected chi connectivity index (χ4v) is 4.02. The van der Waals surface area contributed by atoms with Crippen LogP contribution in [0.2, 0.25) is 0 Å². The molecule has 7 nitrogen and oxygen atoms in total. The fourth-order valence-electron chi connectivity index (χ4n) is 4.02. The first-order chi connectivity index (χ1) is 14.1. The van der Waals surface area contributed by atoms with Crippen LogP contribution in [0.1, 0.15) is 35.9 Å². The Hall–Kier alpha value is -2.67. The Morgan fingerprint density at radius 2 is 1.69 bits per heavy atom. The Kier molecular flexibility index (Phi) is 5.94. The van der Waals surface area contributed by atoms with E-state index in [0.29, 0.717) is 11.6 Å². The summed E-state index contributed by atoms with van der Waals surface area (Å²) < 4.78 is 0. The molecule has 7 heteroatoms. The van der Waals surface area contributed by atoms with E-state index in [1.807, 2.05) is 24.0 Å². The van der Waals surface area contributed by atoms with Crippen molar-refractivity contribution in [1.29, 1.82) is 0 Å². The number of aromatic nitrogens is 2. The zero-order chi connectivity index (χ0) is 20.2. The standard InChI is InChI=1S/C22H30N6O/c1-3-26-12-14-28(15-13-26)21(29)20-16-17(2)23-22(25-20)24-18-6-8-19(9-7-18)27-10-4-5-11-27/h6-9,16H,3-5,10-15H2,1-2H3,(H,23,24,25). The highest BCUT2D eigenvalue weighted by Gasteiger charge is 2.23. The summed E-state index contributed by atoms with van der Waals surface area (Å²) in [6.45, 7) is 10.7. The Balaban J connectivity index is 1.44. The zero-order valence-electron chi connectivity index (χ0n) is 17.4. The molecule has 1 amide bonds. The van der Waals surface area contributed by atoms with E-state index < -0.39 is 0 Å². The van der Waals surface area contributed by atoms with Crippen molar-refractivity contribution in [3.63, 3.8) is 0 Å². The molecular formula is C22H30N6O. The predicted octanol–water partition coefficient (Wildman–Crippen LogP) is 2.91. The van der Waals surface area contributed by atoms with Crippen LogP contribution in [0.25, 0.3) is 0 Å². The lowest BCUT2D eigenvalue weighted by atomic mass is 10.2. The maximum atomic E-state index is 12.9. The van der Waals surface area contributed by atoms with Crippen molar-refractivity contribution >= 4 is 23.2 Å². The summed E-state index contributed by atoms with van der Waals surface area (Å²) in [4.78, 5) is 28.6. The number of rotatable bonds is 5. The number of nitrogens with zero attached hydrogens (tertiary/aromatic N) is 5. The molecule has 154 valence electrons. The van der Waals surface area contributed by atoms with Gasteiger partial charge >= 0.3 is 0 Å². The summed E-state index contributed by atoms with van der Waals surface area (Å²) in [5.41, 5.74) is 3.42. The van der Waals surface area contributed by atoms with Crippen molar-refractivity contribution in [1.82, 2.24) is 19.8 Å². The summed E-state index contributed by atoms with van der Waals surface area (Å²) in [5.74, 6) is 0.452. The van der Waals surface area contributed by atoms with E-state index in [9.17, 15) is 4.79 Å². The maximum Gasteiger partial charge on any atom is 0.272 e. The number of anilines is 3. The Morgan fingerprint density at radius 1 is 1.00 bits per heavy atom. The van der Waals surface area contributed by atoms with Crippen LogP contribution in [-0.4, -0.2) is 71.5 Å². The monoisotopic (exact) mass is 394 g/mol. The van der Waals surface area contributed by atoms with E-state index in [2.05, 4.69) is 44.1 Å². The third-order valence-corrected chi connectivity index (χ3v) is 5.77. The van der Waals surface area contributed by atoms with E-state index in [-0.39, 0.29) is 5.91 Å². The molecule has 1 N–H and O–H groups in total. The van der Waals surface area contributed by atoms with Crippen LogP contribution in [0.4, 0.5) is 17.3 Å². The third kappa shape index (κ3) is 4.67. The smallest absolute Gasteiger partial charge is 0.272 e. The predicted molar refractivity (Wildman–Crippen MR) is 116 cm³/mol. The maximum absolute atomic E-state index is 12.9. The van der Waals surface area contributed by atoms with Crippen LogP contribution < -0.4 is 10.2 Å². The van der Waals surface area contributed by atoms with Gasteiger partial charge in [0.25, 0.3) is 5.91 Å². The first kappa shape index (κ1) is 19.6. The van der Waals surface area contributed by atoms with Crippen molar-refractivity contribution in [3.05, 3.63) is 41.7 Å². The second-order valence-corrected chi connectivity index (χ2v) is 7.81. The van der Waals surface area contributed by atoms with Gasteiger partial charge in [0, 0.05) is 56.3 Å². The molecule has 2 aromatic rings. The molecule has 2 fully saturated rings. The van der Waals surface area contributed by atoms with E-state index in [1.165, 1.54) is 18.5 Å². The molecule has 1 aromatic heterocycles. The average Bonchev–Trinajstić information content (AvgIpc) is 3.28. The van der Waals surface area contributed by atoms with Crippen LogP contribution in [0, 0.1) is 6.92 Å². The van der Waals surface area contributed by atoms with Crippen molar-refractivity contribution in [2.75, 3.05) is 56.0 Å². The molecule has 29 heavy (non-hydrogen) atoms. The van der Waals surface area contributed by atoms with E-state index in [0.717, 1.165) is 57.2 Å². The summed E-state index contributed by atoms with van der Waals surface area (Å²) >= 11 is 0. The van der Waals surface area contributed by atoms with Gasteiger partial charge in [0.2, 0.25) is 5.95 Å². The number of piperazine rings is 1. The Labute approximate surface area is 172 Å². The number of amides is 1. The van der Waals surface area contributed by atoms with Gasteiger partial charge in [-0.1, -0.05) is 6.92 Å². The first-order valence-corrected chi connectivity index (χ1v) is 10.6. The molecule has 0 unspecified atom stereocenters. The summed E-state index contributed by atoms with van der Waals surface area (Å²) in [5, 5.41) is 3.26. The van der Waals surface area contributed by atoms with Crippen molar-refractivity contribution < 1.29 is 4.79 Å². The molecule has 0 atom stereocenters. The molecule has 0 spiro atoms. The van der Waals surface area contributed by atoms with E-state index >= 15 is 0 Å². The SMILES string of the molecule is CCN1CCN(C(=O)c2cc(C)nc(Nc3ccc(N4CCCC4)cc3)n2)CC1. The quantitative estimate of drug-likeness (QED) is 0.841. The lowest BCUT2D eigenvalue weighted by Crippen LogP contribution is -2.48. The lowest BCUT2D eigenvalue weighted by Gasteiger charge is -2.33. The molecule has 2 aliphatic heterocycles. The average molecular weight is 395 g/mol. The largest absolute Gasteiger partial charge is 0.372 e. The number of hydrogen-bond donors (Lipinski definition) is 1. The van der Waals surface area contributed by atoms with Gasteiger partial charge in [0.05, 0.1) is 0 Å². The summed E-state index contributed by atoms with van der Waals surface area (Å²) in [6, 6.07) is 10.1. The van der Waals surface area contributed by atoms with Gasteiger partial charge in [0.15, 0.2) is 0 Å². The molecule has 0 aliphatic carbocycles. The zero-order valence-corrected chi connectivity index (χ0v) is 17.4. The summed E-state index contributed by atoms with van der Waals surface area (Å²) in [7, 11) is 0. The Morgan fingerprint density at radius 3 is 2.34 bits per heavy atom. The van der Waals surface area contributed by atoms with Crippen molar-refractivity contribution in [3.8, 4) is 0 Å². The number of carbonyl (C=O) groups excluding carboxylic acids is 1. The summed E-state index contributed by atoms with van der Waals surface area (Å²) in [6.07, 6.45) is 2.53. The van der Waals surface area contributed by atoms with Crippen molar-refractivity contribution in [2.24, 2.45) is 0 Å². The number of aryl methyl sites for hydroxylation is 1. The highest BCUT2D eigenvalue weighted by atomic mass is 16.2. The molecule has 4 rings (SSSR count). The van der Waals surface area contributed by atoms with Gasteiger partial charge in [-0.25, -0.2) is 9.97 Å². The van der Waals surface area contributed by atoms with Gasteiger partial charge in [0.1, 0.15) is 5.69 Å². The van der Waals surface area contributed by atoms with Gasteiger partial charge in [-0.3, -0.25) is 4.79 Å². The number of carbonyl (C=O) groups is 1. The van der Waals surface area contributed by atoms with Gasteiger partial charge in [-0.05, 0) is 56.6 Å². The lowest BCUT2D eigenvalue weighted by molar-refractivity contribution is 0.0637. The highest BCUT2D eigenvalue weighted by molar-refractivity contribution is 5.92. The minimum atomic E-state index is -0.0151. The number of hydrogen-bond acceptors (Lipinski definition) is 6. The molecule has 0 bridgehead atoms. The number of benzene rings is 1. The fraction of sp³-hybridized carbons (Fsp3) is 0.500. The molecule has 0 radical (unpaired) electrons. The Bertz CT molecular complexity index is 839. The van der Waals surface area contributed by atoms with Crippen LogP contribution in [-0.2, 0) is 0 Å². The second kappa shape index (κ2) is 8.78. The van der Waals surface area contributed by atoms with Gasteiger partial charge < -0.3 is 20.0 Å². The molecule has 1 aromatic carbocycles. The third-order valence-electron chi connectivity index (χ3n) is 5.77. The molecule has 3 heterocycles. The molecular weight excluding hydrogens is 364 g/mol. The minimum Gasteiger partial charge on any atom is -0.372 e. The molecule has 2 aliphatic rings. The number of likely N-dealkylation sites (N-methyl/N-ethyl adjacent to an activating group) is 1.